The van der Waals surface area contributed by atoms with Crippen molar-refractivity contribution in [2.75, 3.05) is 6.61 Å². The maximum atomic E-state index is 9.92. The predicted molar refractivity (Wildman–Crippen MR) is 67.9 cm³/mol. The number of fused-ring (bicyclic) bond motifs is 1. The molecule has 1 N–H and O–H groups in total. The molecule has 17 heavy (non-hydrogen) atoms. The minimum absolute atomic E-state index is 0.322. The lowest BCUT2D eigenvalue weighted by Gasteiger charge is -2.23. The third kappa shape index (κ3) is 2.81. The van der Waals surface area contributed by atoms with E-state index in [4.69, 9.17) is 4.74 Å². The van der Waals surface area contributed by atoms with Gasteiger partial charge in [-0.25, -0.2) is 0 Å². The lowest BCUT2D eigenvalue weighted by Crippen LogP contribution is -2.11. The second-order valence-corrected chi connectivity index (χ2v) is 4.26. The van der Waals surface area contributed by atoms with Gasteiger partial charge in [0.2, 0.25) is 0 Å². The summed E-state index contributed by atoms with van der Waals surface area (Å²) in [6.07, 6.45) is 3.32. The zero-order valence-electron chi connectivity index (χ0n) is 10.2. The maximum absolute atomic E-state index is 9.92. The molecule has 1 aliphatic carbocycles. The Morgan fingerprint density at radius 1 is 1.47 bits per heavy atom. The molecule has 0 bridgehead atoms. The molecule has 1 aromatic rings. The number of ether oxygens (including phenoxy) is 1. The van der Waals surface area contributed by atoms with Gasteiger partial charge < -0.3 is 9.84 Å². The predicted octanol–water partition coefficient (Wildman–Crippen LogP) is 2.85. The minimum atomic E-state index is -0.322. The van der Waals surface area contributed by atoms with Crippen molar-refractivity contribution >= 4 is 0 Å². The summed E-state index contributed by atoms with van der Waals surface area (Å²) in [6, 6.07) is 5.93. The molecule has 2 rings (SSSR count). The summed E-state index contributed by atoms with van der Waals surface area (Å²) in [7, 11) is 0. The molecule has 1 unspecified atom stereocenters. The summed E-state index contributed by atoms with van der Waals surface area (Å²) in [5.74, 6) is 6.75. The van der Waals surface area contributed by atoms with Gasteiger partial charge in [0.05, 0.1) is 12.7 Å². The highest BCUT2D eigenvalue weighted by atomic mass is 16.5. The molecule has 1 atom stereocenters. The Labute approximate surface area is 103 Å². The van der Waals surface area contributed by atoms with Gasteiger partial charge in [0.25, 0.3) is 0 Å². The van der Waals surface area contributed by atoms with Crippen molar-refractivity contribution in [1.82, 2.24) is 0 Å². The summed E-state index contributed by atoms with van der Waals surface area (Å²) >= 11 is 0. The molecule has 1 aliphatic rings. The van der Waals surface area contributed by atoms with Crippen molar-refractivity contribution < 1.29 is 9.84 Å². The molecule has 90 valence electrons. The standard InChI is InChI=1S/C15H18O2/c1-2-3-4-11-17-15-10-6-7-12-13(15)8-5-9-14(12)16/h6-7,10,14,16H,4-5,8-9,11H2,1H3. The van der Waals surface area contributed by atoms with Gasteiger partial charge in [-0.05, 0) is 43.4 Å². The smallest absolute Gasteiger partial charge is 0.122 e. The van der Waals surface area contributed by atoms with Gasteiger partial charge in [-0.2, -0.15) is 0 Å². The van der Waals surface area contributed by atoms with E-state index in [1.165, 1.54) is 5.56 Å². The van der Waals surface area contributed by atoms with Gasteiger partial charge in [0.1, 0.15) is 5.75 Å². The lowest BCUT2D eigenvalue weighted by molar-refractivity contribution is 0.155. The topological polar surface area (TPSA) is 29.5 Å². The maximum Gasteiger partial charge on any atom is 0.122 e. The molecule has 0 heterocycles. The van der Waals surface area contributed by atoms with Crippen LogP contribution in [0.25, 0.3) is 0 Å². The molecule has 1 aromatic carbocycles. The fourth-order valence-electron chi connectivity index (χ4n) is 2.26. The molecular weight excluding hydrogens is 212 g/mol. The molecule has 0 saturated carbocycles. The largest absolute Gasteiger partial charge is 0.492 e. The molecule has 0 aliphatic heterocycles. The number of hydrogen-bond donors (Lipinski definition) is 1. The number of hydrogen-bond acceptors (Lipinski definition) is 2. The first-order valence-corrected chi connectivity index (χ1v) is 6.15. The van der Waals surface area contributed by atoms with E-state index in [0.29, 0.717) is 6.61 Å². The van der Waals surface area contributed by atoms with Crippen molar-refractivity contribution in [3.05, 3.63) is 29.3 Å². The first-order chi connectivity index (χ1) is 8.33. The normalized spacial score (nSPS) is 17.9. The Morgan fingerprint density at radius 3 is 3.18 bits per heavy atom. The van der Waals surface area contributed by atoms with E-state index in [0.717, 1.165) is 37.0 Å². The van der Waals surface area contributed by atoms with Crippen LogP contribution in [0.3, 0.4) is 0 Å². The van der Waals surface area contributed by atoms with Crippen LogP contribution in [0.15, 0.2) is 18.2 Å². The van der Waals surface area contributed by atoms with Crippen LogP contribution in [0.2, 0.25) is 0 Å². The number of aliphatic hydroxyl groups excluding tert-OH is 1. The van der Waals surface area contributed by atoms with Crippen molar-refractivity contribution in [2.24, 2.45) is 0 Å². The van der Waals surface area contributed by atoms with E-state index in [1.807, 2.05) is 25.1 Å². The third-order valence-electron chi connectivity index (χ3n) is 3.09. The van der Waals surface area contributed by atoms with Crippen molar-refractivity contribution in [2.45, 2.75) is 38.7 Å². The number of rotatable bonds is 3. The quantitative estimate of drug-likeness (QED) is 0.639. The second-order valence-electron chi connectivity index (χ2n) is 4.26. The van der Waals surface area contributed by atoms with Crippen LogP contribution >= 0.6 is 0 Å². The van der Waals surface area contributed by atoms with E-state index in [9.17, 15) is 5.11 Å². The molecule has 0 amide bonds. The van der Waals surface area contributed by atoms with Crippen LogP contribution in [0.4, 0.5) is 0 Å². The van der Waals surface area contributed by atoms with Crippen LogP contribution in [0, 0.1) is 11.8 Å². The van der Waals surface area contributed by atoms with Crippen molar-refractivity contribution in [3.8, 4) is 17.6 Å². The Balaban J connectivity index is 2.11. The number of benzene rings is 1. The van der Waals surface area contributed by atoms with E-state index in [1.54, 1.807) is 0 Å². The van der Waals surface area contributed by atoms with E-state index in [2.05, 4.69) is 11.8 Å². The van der Waals surface area contributed by atoms with Crippen LogP contribution in [0.1, 0.15) is 43.4 Å². The minimum Gasteiger partial charge on any atom is -0.492 e. The van der Waals surface area contributed by atoms with E-state index in [-0.39, 0.29) is 6.10 Å². The summed E-state index contributed by atoms with van der Waals surface area (Å²) in [6.45, 7) is 2.45. The van der Waals surface area contributed by atoms with Gasteiger partial charge in [0.15, 0.2) is 0 Å². The molecule has 2 heteroatoms. The summed E-state index contributed by atoms with van der Waals surface area (Å²) in [5, 5.41) is 9.92. The third-order valence-corrected chi connectivity index (χ3v) is 3.09. The van der Waals surface area contributed by atoms with Crippen LogP contribution in [-0.4, -0.2) is 11.7 Å². The average Bonchev–Trinajstić information content (AvgIpc) is 2.36. The fraction of sp³-hybridized carbons (Fsp3) is 0.467. The Kier molecular flexibility index (Phi) is 4.06. The first kappa shape index (κ1) is 12.0. The molecule has 0 spiro atoms. The summed E-state index contributed by atoms with van der Waals surface area (Å²) in [5.41, 5.74) is 2.21. The fourth-order valence-corrected chi connectivity index (χ4v) is 2.26. The average molecular weight is 230 g/mol. The van der Waals surface area contributed by atoms with Gasteiger partial charge in [0, 0.05) is 6.42 Å². The molecule has 0 fully saturated rings. The molecule has 0 radical (unpaired) electrons. The van der Waals surface area contributed by atoms with Gasteiger partial charge >= 0.3 is 0 Å². The molecular formula is C15H18O2. The summed E-state index contributed by atoms with van der Waals surface area (Å²) < 4.78 is 5.74. The highest BCUT2D eigenvalue weighted by Gasteiger charge is 2.20. The lowest BCUT2D eigenvalue weighted by atomic mass is 9.89. The first-order valence-electron chi connectivity index (χ1n) is 6.15. The SMILES string of the molecule is CC#CCCOc1cccc2c1CCCC2O. The molecule has 0 saturated heterocycles. The zero-order valence-corrected chi connectivity index (χ0v) is 10.2. The zero-order chi connectivity index (χ0) is 12.1. The van der Waals surface area contributed by atoms with Gasteiger partial charge in [-0.1, -0.05) is 12.1 Å². The van der Waals surface area contributed by atoms with E-state index < -0.39 is 0 Å². The number of aliphatic hydroxyl groups is 1. The van der Waals surface area contributed by atoms with E-state index >= 15 is 0 Å². The molecule has 0 aromatic heterocycles. The van der Waals surface area contributed by atoms with Crippen LogP contribution < -0.4 is 4.74 Å². The van der Waals surface area contributed by atoms with Gasteiger partial charge in [-0.15, -0.1) is 11.8 Å². The van der Waals surface area contributed by atoms with Crippen molar-refractivity contribution in [1.29, 1.82) is 0 Å². The van der Waals surface area contributed by atoms with Crippen LogP contribution in [-0.2, 0) is 6.42 Å². The summed E-state index contributed by atoms with van der Waals surface area (Å²) in [4.78, 5) is 0. The van der Waals surface area contributed by atoms with Crippen LogP contribution in [0.5, 0.6) is 5.75 Å². The monoisotopic (exact) mass is 230 g/mol. The Morgan fingerprint density at radius 2 is 2.35 bits per heavy atom. The van der Waals surface area contributed by atoms with Crippen molar-refractivity contribution in [3.63, 3.8) is 0 Å². The van der Waals surface area contributed by atoms with Gasteiger partial charge in [-0.3, -0.25) is 0 Å². The highest BCUT2D eigenvalue weighted by molar-refractivity contribution is 5.42. The highest BCUT2D eigenvalue weighted by Crippen LogP contribution is 2.35. The second kappa shape index (κ2) is 5.75. The Hall–Kier alpha value is -1.46. The Bertz CT molecular complexity index is 440. The molecule has 2 nitrogen and oxygen atoms in total.